The Morgan fingerprint density at radius 2 is 0.931 bits per heavy atom. The van der Waals surface area contributed by atoms with Crippen molar-refractivity contribution in [3.05, 3.63) is 59.7 Å². The minimum absolute atomic E-state index is 0.112. The Morgan fingerprint density at radius 1 is 0.621 bits per heavy atom. The fraction of sp³-hybridized carbons (Fsp3) is 0.455. The molecule has 0 heterocycles. The van der Waals surface area contributed by atoms with Gasteiger partial charge in [-0.3, -0.25) is 0 Å². The highest BCUT2D eigenvalue weighted by molar-refractivity contribution is 5.33. The van der Waals surface area contributed by atoms with Crippen molar-refractivity contribution in [1.82, 2.24) is 0 Å². The van der Waals surface area contributed by atoms with Crippen LogP contribution in [-0.4, -0.2) is 26.4 Å². The molecule has 0 N–H and O–H groups in total. The average molecular weight is 414 g/mol. The molecule has 0 fully saturated rings. The van der Waals surface area contributed by atoms with Crippen LogP contribution in [0.15, 0.2) is 48.5 Å². The quantitative estimate of drug-likeness (QED) is 0.436. The molecule has 3 nitrogen and oxygen atoms in total. The third-order valence-electron chi connectivity index (χ3n) is 4.65. The Kier molecular flexibility index (Phi) is 7.52. The van der Waals surface area contributed by atoms with Gasteiger partial charge in [0.15, 0.2) is 0 Å². The molecular weight excluding hydrogens is 388 g/mol. The molecule has 29 heavy (non-hydrogen) atoms. The average Bonchev–Trinajstić information content (AvgIpc) is 2.61. The summed E-state index contributed by atoms with van der Waals surface area (Å²) in [4.78, 5) is 0. The number of hydrogen-bond donors (Lipinski definition) is 0. The normalized spacial score (nSPS) is 12.5. The maximum Gasteiger partial charge on any atom is 0.387 e. The molecular formula is C22H26F4O3. The fourth-order valence-corrected chi connectivity index (χ4v) is 2.90. The molecule has 0 amide bonds. The van der Waals surface area contributed by atoms with Crippen molar-refractivity contribution in [2.75, 3.05) is 13.2 Å². The summed E-state index contributed by atoms with van der Waals surface area (Å²) in [7, 11) is 0. The Morgan fingerprint density at radius 3 is 1.21 bits per heavy atom. The molecule has 0 bridgehead atoms. The number of alkyl halides is 4. The van der Waals surface area contributed by atoms with Crippen LogP contribution in [0, 0.1) is 0 Å². The van der Waals surface area contributed by atoms with Crippen molar-refractivity contribution in [3.8, 4) is 11.5 Å². The second-order valence-electron chi connectivity index (χ2n) is 8.07. The number of ether oxygens (including phenoxy) is 3. The summed E-state index contributed by atoms with van der Waals surface area (Å²) in [5, 5.41) is 0. The summed E-state index contributed by atoms with van der Waals surface area (Å²) in [6.07, 6.45) is 0. The largest absolute Gasteiger partial charge is 0.435 e. The smallest absolute Gasteiger partial charge is 0.387 e. The van der Waals surface area contributed by atoms with Crippen molar-refractivity contribution in [2.45, 2.75) is 51.7 Å². The van der Waals surface area contributed by atoms with Crippen LogP contribution in [0.2, 0.25) is 0 Å². The Labute approximate surface area is 168 Å². The molecule has 0 aromatic heterocycles. The third-order valence-corrected chi connectivity index (χ3v) is 4.65. The standard InChI is InChI=1S/C22H26F4O3/c1-21(2,15-5-9-17(10-6-15)28-19(23)24)13-27-14-22(3,4)16-7-11-18(12-8-16)29-20(25)26/h5-12,19-20H,13-14H2,1-4H3. The van der Waals surface area contributed by atoms with Crippen molar-refractivity contribution in [2.24, 2.45) is 0 Å². The zero-order valence-corrected chi connectivity index (χ0v) is 16.9. The van der Waals surface area contributed by atoms with Crippen molar-refractivity contribution < 1.29 is 31.8 Å². The lowest BCUT2D eigenvalue weighted by molar-refractivity contribution is -0.0505. The van der Waals surface area contributed by atoms with Gasteiger partial charge in [0.2, 0.25) is 0 Å². The first-order valence-electron chi connectivity index (χ1n) is 9.18. The van der Waals surface area contributed by atoms with Crippen LogP contribution in [-0.2, 0) is 15.6 Å². The maximum absolute atomic E-state index is 12.3. The second kappa shape index (κ2) is 9.48. The lowest BCUT2D eigenvalue weighted by Crippen LogP contribution is -2.30. The van der Waals surface area contributed by atoms with Gasteiger partial charge in [0.05, 0.1) is 13.2 Å². The Hall–Kier alpha value is -2.28. The van der Waals surface area contributed by atoms with E-state index in [-0.39, 0.29) is 22.3 Å². The van der Waals surface area contributed by atoms with Crippen LogP contribution < -0.4 is 9.47 Å². The minimum Gasteiger partial charge on any atom is -0.435 e. The van der Waals surface area contributed by atoms with Gasteiger partial charge in [0.25, 0.3) is 0 Å². The van der Waals surface area contributed by atoms with E-state index in [1.165, 1.54) is 24.3 Å². The maximum atomic E-state index is 12.3. The highest BCUT2D eigenvalue weighted by atomic mass is 19.3. The van der Waals surface area contributed by atoms with Gasteiger partial charge in [-0.25, -0.2) is 0 Å². The van der Waals surface area contributed by atoms with E-state index in [9.17, 15) is 17.6 Å². The third kappa shape index (κ3) is 6.92. The van der Waals surface area contributed by atoms with Gasteiger partial charge in [-0.2, -0.15) is 17.6 Å². The lowest BCUT2D eigenvalue weighted by atomic mass is 9.84. The Bertz CT molecular complexity index is 691. The van der Waals surface area contributed by atoms with E-state index in [1.54, 1.807) is 24.3 Å². The van der Waals surface area contributed by atoms with Crippen molar-refractivity contribution in [1.29, 1.82) is 0 Å². The first-order chi connectivity index (χ1) is 13.5. The molecule has 0 unspecified atom stereocenters. The molecule has 0 aliphatic carbocycles. The van der Waals surface area contributed by atoms with Crippen LogP contribution in [0.3, 0.4) is 0 Å². The van der Waals surface area contributed by atoms with Crippen LogP contribution in [0.5, 0.6) is 11.5 Å². The molecule has 0 atom stereocenters. The SMILES string of the molecule is CC(C)(COCC(C)(C)c1ccc(OC(F)F)cc1)c1ccc(OC(F)F)cc1. The molecule has 2 aromatic carbocycles. The second-order valence-corrected chi connectivity index (χ2v) is 8.07. The molecule has 0 saturated heterocycles. The summed E-state index contributed by atoms with van der Waals surface area (Å²) >= 11 is 0. The van der Waals surface area contributed by atoms with Gasteiger partial charge in [0.1, 0.15) is 11.5 Å². The number of benzene rings is 2. The highest BCUT2D eigenvalue weighted by Crippen LogP contribution is 2.29. The summed E-state index contributed by atoms with van der Waals surface area (Å²) in [5.41, 5.74) is 1.19. The highest BCUT2D eigenvalue weighted by Gasteiger charge is 2.25. The van der Waals surface area contributed by atoms with Gasteiger partial charge in [-0.1, -0.05) is 52.0 Å². The van der Waals surface area contributed by atoms with Crippen LogP contribution >= 0.6 is 0 Å². The summed E-state index contributed by atoms with van der Waals surface area (Å²) < 4.78 is 63.8. The summed E-state index contributed by atoms with van der Waals surface area (Å²) in [6.45, 7) is 3.12. The van der Waals surface area contributed by atoms with Gasteiger partial charge < -0.3 is 14.2 Å². The van der Waals surface area contributed by atoms with Crippen LogP contribution in [0.25, 0.3) is 0 Å². The molecule has 0 saturated carbocycles. The molecule has 0 spiro atoms. The predicted octanol–water partition coefficient (Wildman–Crippen LogP) is 6.16. The Balaban J connectivity index is 1.94. The number of halogens is 4. The van der Waals surface area contributed by atoms with Crippen molar-refractivity contribution >= 4 is 0 Å². The molecule has 7 heteroatoms. The minimum atomic E-state index is -2.85. The molecule has 0 aliphatic heterocycles. The van der Waals surface area contributed by atoms with Crippen LogP contribution in [0.4, 0.5) is 17.6 Å². The molecule has 160 valence electrons. The zero-order valence-electron chi connectivity index (χ0n) is 16.9. The topological polar surface area (TPSA) is 27.7 Å². The van der Waals surface area contributed by atoms with Crippen molar-refractivity contribution in [3.63, 3.8) is 0 Å². The van der Waals surface area contributed by atoms with E-state index in [0.29, 0.717) is 13.2 Å². The lowest BCUT2D eigenvalue weighted by Gasteiger charge is -2.30. The van der Waals surface area contributed by atoms with Crippen LogP contribution in [0.1, 0.15) is 38.8 Å². The molecule has 0 aliphatic rings. The zero-order chi connectivity index (χ0) is 21.7. The van der Waals surface area contributed by atoms with E-state index in [2.05, 4.69) is 9.47 Å². The predicted molar refractivity (Wildman–Crippen MR) is 103 cm³/mol. The van der Waals surface area contributed by atoms with E-state index >= 15 is 0 Å². The molecule has 2 rings (SSSR count). The molecule has 2 aromatic rings. The first-order valence-corrected chi connectivity index (χ1v) is 9.18. The number of rotatable bonds is 10. The van der Waals surface area contributed by atoms with E-state index in [4.69, 9.17) is 4.74 Å². The van der Waals surface area contributed by atoms with Gasteiger partial charge >= 0.3 is 13.2 Å². The van der Waals surface area contributed by atoms with E-state index in [0.717, 1.165) is 11.1 Å². The monoisotopic (exact) mass is 414 g/mol. The molecule has 0 radical (unpaired) electrons. The first kappa shape index (κ1) is 23.0. The van der Waals surface area contributed by atoms with E-state index in [1.807, 2.05) is 27.7 Å². The summed E-state index contributed by atoms with van der Waals surface area (Å²) in [6, 6.07) is 13.0. The number of hydrogen-bond acceptors (Lipinski definition) is 3. The van der Waals surface area contributed by atoms with Gasteiger partial charge in [-0.05, 0) is 35.4 Å². The van der Waals surface area contributed by atoms with Gasteiger partial charge in [0, 0.05) is 10.8 Å². The van der Waals surface area contributed by atoms with E-state index < -0.39 is 13.2 Å². The van der Waals surface area contributed by atoms with Gasteiger partial charge in [-0.15, -0.1) is 0 Å². The summed E-state index contributed by atoms with van der Waals surface area (Å²) in [5.74, 6) is 0.224. The fourth-order valence-electron chi connectivity index (χ4n) is 2.90.